The Bertz CT molecular complexity index is 2210. The molecule has 0 saturated heterocycles. The van der Waals surface area contributed by atoms with Crippen molar-refractivity contribution in [1.82, 2.24) is 4.57 Å². The standard InChI is InChI=1S/C44H32N2/c1-3-11-33(12-4-1)19-20-34-21-25-37(26-22-34)45(38-27-23-36(24-28-38)35-13-5-2-6-14-35)39-29-31-40(32-30-39)46-43-17-9-7-15-41(43)42-16-8-10-18-44(42)46/h1-32H. The number of para-hydroxylation sites is 2. The Morgan fingerprint density at radius 2 is 0.761 bits per heavy atom. The molecule has 0 amide bonds. The zero-order valence-corrected chi connectivity index (χ0v) is 25.4. The van der Waals surface area contributed by atoms with Crippen LogP contribution in [0.1, 0.15) is 11.1 Å². The van der Waals surface area contributed by atoms with E-state index in [0.717, 1.165) is 28.3 Å². The fourth-order valence-electron chi connectivity index (χ4n) is 6.32. The Kier molecular flexibility index (Phi) is 7.22. The summed E-state index contributed by atoms with van der Waals surface area (Å²) in [5.74, 6) is 0. The van der Waals surface area contributed by atoms with Crippen LogP contribution in [0.15, 0.2) is 182 Å². The van der Waals surface area contributed by atoms with Gasteiger partial charge < -0.3 is 9.47 Å². The number of hydrogen-bond acceptors (Lipinski definition) is 1. The molecule has 46 heavy (non-hydrogen) atoms. The fraction of sp³-hybridized carbons (Fsp3) is 0. The van der Waals surface area contributed by atoms with Gasteiger partial charge in [0.1, 0.15) is 0 Å². The topological polar surface area (TPSA) is 8.17 Å². The minimum atomic E-state index is 1.10. The average Bonchev–Trinajstić information content (AvgIpc) is 3.47. The molecule has 8 rings (SSSR count). The normalized spacial score (nSPS) is 11.4. The number of hydrogen-bond donors (Lipinski definition) is 0. The van der Waals surface area contributed by atoms with Crippen LogP contribution in [0.2, 0.25) is 0 Å². The van der Waals surface area contributed by atoms with Gasteiger partial charge in [0, 0.05) is 33.5 Å². The first-order valence-electron chi connectivity index (χ1n) is 15.7. The van der Waals surface area contributed by atoms with E-state index in [9.17, 15) is 0 Å². The van der Waals surface area contributed by atoms with E-state index in [1.807, 2.05) is 6.07 Å². The summed E-state index contributed by atoms with van der Waals surface area (Å²) in [5.41, 5.74) is 11.6. The number of aromatic nitrogens is 1. The molecule has 1 heterocycles. The molecule has 218 valence electrons. The summed E-state index contributed by atoms with van der Waals surface area (Å²) < 4.78 is 2.36. The smallest absolute Gasteiger partial charge is 0.0541 e. The van der Waals surface area contributed by atoms with E-state index < -0.39 is 0 Å². The van der Waals surface area contributed by atoms with Crippen LogP contribution in [0.3, 0.4) is 0 Å². The molecule has 0 fully saturated rings. The van der Waals surface area contributed by atoms with Crippen LogP contribution in [-0.4, -0.2) is 4.57 Å². The van der Waals surface area contributed by atoms with Gasteiger partial charge in [-0.05, 0) is 82.9 Å². The third kappa shape index (κ3) is 5.27. The van der Waals surface area contributed by atoms with E-state index in [2.05, 4.69) is 198 Å². The van der Waals surface area contributed by atoms with Gasteiger partial charge in [-0.3, -0.25) is 0 Å². The Morgan fingerprint density at radius 1 is 0.348 bits per heavy atom. The highest BCUT2D eigenvalue weighted by molar-refractivity contribution is 6.09. The van der Waals surface area contributed by atoms with E-state index in [1.54, 1.807) is 0 Å². The lowest BCUT2D eigenvalue weighted by atomic mass is 10.0. The molecular formula is C44H32N2. The zero-order valence-electron chi connectivity index (χ0n) is 25.4. The Labute approximate surface area is 269 Å². The van der Waals surface area contributed by atoms with Gasteiger partial charge in [-0.1, -0.05) is 133 Å². The van der Waals surface area contributed by atoms with Crippen molar-refractivity contribution in [1.29, 1.82) is 0 Å². The first kappa shape index (κ1) is 27.4. The van der Waals surface area contributed by atoms with Crippen LogP contribution in [-0.2, 0) is 0 Å². The average molecular weight is 589 g/mol. The minimum absolute atomic E-state index is 1.10. The molecule has 1 aromatic heterocycles. The van der Waals surface area contributed by atoms with Gasteiger partial charge in [-0.25, -0.2) is 0 Å². The van der Waals surface area contributed by atoms with Gasteiger partial charge >= 0.3 is 0 Å². The van der Waals surface area contributed by atoms with E-state index in [1.165, 1.54) is 38.5 Å². The summed E-state index contributed by atoms with van der Waals surface area (Å²) in [6, 6.07) is 64.8. The summed E-state index contributed by atoms with van der Waals surface area (Å²) in [6.07, 6.45) is 4.32. The molecule has 0 atom stereocenters. The second kappa shape index (κ2) is 12.1. The van der Waals surface area contributed by atoms with Crippen molar-refractivity contribution in [2.75, 3.05) is 4.90 Å². The lowest BCUT2D eigenvalue weighted by Crippen LogP contribution is -2.10. The fourth-order valence-corrected chi connectivity index (χ4v) is 6.32. The molecule has 7 aromatic carbocycles. The zero-order chi connectivity index (χ0) is 30.7. The van der Waals surface area contributed by atoms with E-state index >= 15 is 0 Å². The largest absolute Gasteiger partial charge is 0.311 e. The van der Waals surface area contributed by atoms with Crippen molar-refractivity contribution in [3.8, 4) is 16.8 Å². The van der Waals surface area contributed by atoms with Crippen molar-refractivity contribution >= 4 is 51.0 Å². The predicted octanol–water partition coefficient (Wildman–Crippen LogP) is 12.1. The van der Waals surface area contributed by atoms with Gasteiger partial charge in [0.15, 0.2) is 0 Å². The van der Waals surface area contributed by atoms with Gasteiger partial charge in [0.05, 0.1) is 11.0 Å². The lowest BCUT2D eigenvalue weighted by molar-refractivity contribution is 1.17. The number of benzene rings is 7. The lowest BCUT2D eigenvalue weighted by Gasteiger charge is -2.26. The summed E-state index contributed by atoms with van der Waals surface area (Å²) in [7, 11) is 0. The molecule has 8 aromatic rings. The molecule has 0 bridgehead atoms. The van der Waals surface area contributed by atoms with Crippen molar-refractivity contribution in [3.05, 3.63) is 193 Å². The van der Waals surface area contributed by atoms with Gasteiger partial charge in [0.2, 0.25) is 0 Å². The molecule has 2 nitrogen and oxygen atoms in total. The molecule has 0 N–H and O–H groups in total. The van der Waals surface area contributed by atoms with Crippen molar-refractivity contribution in [3.63, 3.8) is 0 Å². The first-order chi connectivity index (χ1) is 22.8. The number of nitrogens with zero attached hydrogens (tertiary/aromatic N) is 2. The van der Waals surface area contributed by atoms with E-state index in [0.29, 0.717) is 0 Å². The van der Waals surface area contributed by atoms with Crippen LogP contribution >= 0.6 is 0 Å². The van der Waals surface area contributed by atoms with Crippen LogP contribution in [0.4, 0.5) is 17.1 Å². The molecular weight excluding hydrogens is 556 g/mol. The number of anilines is 3. The maximum absolute atomic E-state index is 2.36. The van der Waals surface area contributed by atoms with Crippen LogP contribution in [0, 0.1) is 0 Å². The Hall–Kier alpha value is -6.12. The summed E-state index contributed by atoms with van der Waals surface area (Å²) in [4.78, 5) is 2.33. The second-order valence-electron chi connectivity index (χ2n) is 11.5. The van der Waals surface area contributed by atoms with Crippen molar-refractivity contribution in [2.24, 2.45) is 0 Å². The van der Waals surface area contributed by atoms with E-state index in [4.69, 9.17) is 0 Å². The number of rotatable bonds is 7. The van der Waals surface area contributed by atoms with Crippen molar-refractivity contribution < 1.29 is 0 Å². The molecule has 0 aliphatic heterocycles. The Balaban J connectivity index is 1.18. The first-order valence-corrected chi connectivity index (χ1v) is 15.7. The third-order valence-corrected chi connectivity index (χ3v) is 8.60. The van der Waals surface area contributed by atoms with Crippen LogP contribution < -0.4 is 4.90 Å². The predicted molar refractivity (Wildman–Crippen MR) is 196 cm³/mol. The Morgan fingerprint density at radius 3 is 1.33 bits per heavy atom. The highest BCUT2D eigenvalue weighted by atomic mass is 15.1. The molecule has 0 saturated carbocycles. The van der Waals surface area contributed by atoms with Gasteiger partial charge in [-0.2, -0.15) is 0 Å². The highest BCUT2D eigenvalue weighted by Crippen LogP contribution is 2.38. The third-order valence-electron chi connectivity index (χ3n) is 8.60. The molecule has 2 heteroatoms. The van der Waals surface area contributed by atoms with E-state index in [-0.39, 0.29) is 0 Å². The summed E-state index contributed by atoms with van der Waals surface area (Å²) >= 11 is 0. The summed E-state index contributed by atoms with van der Waals surface area (Å²) in [5, 5.41) is 2.53. The maximum atomic E-state index is 2.36. The van der Waals surface area contributed by atoms with Crippen LogP contribution in [0.25, 0.3) is 50.8 Å². The molecule has 0 unspecified atom stereocenters. The van der Waals surface area contributed by atoms with Crippen LogP contribution in [0.5, 0.6) is 0 Å². The maximum Gasteiger partial charge on any atom is 0.0541 e. The van der Waals surface area contributed by atoms with Gasteiger partial charge in [0.25, 0.3) is 0 Å². The molecule has 0 aliphatic rings. The van der Waals surface area contributed by atoms with Gasteiger partial charge in [-0.15, -0.1) is 0 Å². The van der Waals surface area contributed by atoms with Crippen molar-refractivity contribution in [2.45, 2.75) is 0 Å². The molecule has 0 aliphatic carbocycles. The molecule has 0 spiro atoms. The molecule has 0 radical (unpaired) electrons. The highest BCUT2D eigenvalue weighted by Gasteiger charge is 2.15. The number of fused-ring (bicyclic) bond motifs is 3. The quantitative estimate of drug-likeness (QED) is 0.168. The SMILES string of the molecule is C(=Cc1ccc(N(c2ccc(-c3ccccc3)cc2)c2ccc(-n3c4ccccc4c4ccccc43)cc2)cc1)c1ccccc1. The summed E-state index contributed by atoms with van der Waals surface area (Å²) in [6.45, 7) is 0. The monoisotopic (exact) mass is 588 g/mol. The second-order valence-corrected chi connectivity index (χ2v) is 11.5. The minimum Gasteiger partial charge on any atom is -0.311 e.